The van der Waals surface area contributed by atoms with E-state index in [2.05, 4.69) is 0 Å². The Morgan fingerprint density at radius 1 is 1.18 bits per heavy atom. The number of hydrogen-bond acceptors (Lipinski definition) is 5. The maximum absolute atomic E-state index is 12.5. The Balaban J connectivity index is 1.51. The van der Waals surface area contributed by atoms with E-state index in [1.807, 2.05) is 51.1 Å². The molecule has 7 heteroatoms. The topological polar surface area (TPSA) is 79.3 Å². The van der Waals surface area contributed by atoms with E-state index in [-0.39, 0.29) is 18.0 Å². The van der Waals surface area contributed by atoms with Gasteiger partial charge in [0.2, 0.25) is 0 Å². The van der Waals surface area contributed by atoms with Crippen LogP contribution in [0.5, 0.6) is 0 Å². The van der Waals surface area contributed by atoms with E-state index in [0.717, 1.165) is 5.56 Å². The minimum atomic E-state index is -1.13. The molecule has 0 saturated carbocycles. The molecule has 1 aromatic rings. The molecular formula is C21H30N2O5. The summed E-state index contributed by atoms with van der Waals surface area (Å²) in [6, 6.07) is 9.70. The van der Waals surface area contributed by atoms with Crippen molar-refractivity contribution in [1.29, 1.82) is 0 Å². The van der Waals surface area contributed by atoms with Crippen molar-refractivity contribution in [1.82, 2.24) is 9.80 Å². The van der Waals surface area contributed by atoms with Gasteiger partial charge in [-0.05, 0) is 39.2 Å². The molecule has 0 aromatic heterocycles. The van der Waals surface area contributed by atoms with Crippen LogP contribution in [-0.4, -0.2) is 70.4 Å². The third kappa shape index (κ3) is 5.02. The number of piperidine rings is 1. The second kappa shape index (κ2) is 8.49. The maximum Gasteiger partial charge on any atom is 0.410 e. The molecule has 2 atom stereocenters. The van der Waals surface area contributed by atoms with Crippen molar-refractivity contribution in [3.63, 3.8) is 0 Å². The van der Waals surface area contributed by atoms with E-state index < -0.39 is 17.8 Å². The van der Waals surface area contributed by atoms with Crippen molar-refractivity contribution in [3.8, 4) is 0 Å². The molecule has 2 aliphatic rings. The predicted octanol–water partition coefficient (Wildman–Crippen LogP) is 2.17. The Morgan fingerprint density at radius 2 is 1.82 bits per heavy atom. The van der Waals surface area contributed by atoms with E-state index in [1.54, 1.807) is 9.80 Å². The van der Waals surface area contributed by atoms with Gasteiger partial charge in [0.25, 0.3) is 5.91 Å². The first kappa shape index (κ1) is 20.6. The number of carbonyl (C=O) groups is 2. The summed E-state index contributed by atoms with van der Waals surface area (Å²) in [6.45, 7) is 7.35. The molecule has 1 aromatic carbocycles. The molecule has 0 aliphatic carbocycles. The van der Waals surface area contributed by atoms with Crippen molar-refractivity contribution in [2.75, 3.05) is 19.6 Å². The smallest absolute Gasteiger partial charge is 0.410 e. The summed E-state index contributed by atoms with van der Waals surface area (Å²) in [5, 5.41) is 10.3. The molecule has 2 heterocycles. The van der Waals surface area contributed by atoms with Crippen LogP contribution in [0.25, 0.3) is 0 Å². The van der Waals surface area contributed by atoms with Crippen LogP contribution in [0.1, 0.15) is 39.2 Å². The summed E-state index contributed by atoms with van der Waals surface area (Å²) in [6.07, 6.45) is -0.640. The number of carbonyl (C=O) groups excluding carboxylic acids is 2. The number of ether oxygens (including phenoxy) is 2. The third-order valence-electron chi connectivity index (χ3n) is 5.13. The molecule has 1 N–H and O–H groups in total. The second-order valence-electron chi connectivity index (χ2n) is 8.47. The summed E-state index contributed by atoms with van der Waals surface area (Å²) in [7, 11) is 0. The molecule has 2 fully saturated rings. The molecule has 2 aliphatic heterocycles. The van der Waals surface area contributed by atoms with Crippen LogP contribution < -0.4 is 0 Å². The van der Waals surface area contributed by atoms with Crippen molar-refractivity contribution in [2.24, 2.45) is 0 Å². The van der Waals surface area contributed by atoms with E-state index in [0.29, 0.717) is 39.1 Å². The van der Waals surface area contributed by atoms with Gasteiger partial charge in [-0.3, -0.25) is 4.79 Å². The van der Waals surface area contributed by atoms with Gasteiger partial charge in [0.15, 0.2) is 6.10 Å². The summed E-state index contributed by atoms with van der Waals surface area (Å²) >= 11 is 0. The monoisotopic (exact) mass is 390 g/mol. The van der Waals surface area contributed by atoms with Gasteiger partial charge in [-0.15, -0.1) is 0 Å². The Morgan fingerprint density at radius 3 is 2.43 bits per heavy atom. The lowest BCUT2D eigenvalue weighted by molar-refractivity contribution is -0.138. The van der Waals surface area contributed by atoms with Gasteiger partial charge in [-0.2, -0.15) is 0 Å². The highest BCUT2D eigenvalue weighted by Crippen LogP contribution is 2.25. The summed E-state index contributed by atoms with van der Waals surface area (Å²) in [5.41, 5.74) is 0.484. The van der Waals surface area contributed by atoms with Crippen molar-refractivity contribution in [2.45, 2.75) is 64.1 Å². The highest BCUT2D eigenvalue weighted by atomic mass is 16.6. The van der Waals surface area contributed by atoms with Crippen LogP contribution >= 0.6 is 0 Å². The Kier molecular flexibility index (Phi) is 6.25. The molecule has 28 heavy (non-hydrogen) atoms. The lowest BCUT2D eigenvalue weighted by atomic mass is 10.0. The molecule has 3 rings (SSSR count). The Hall–Kier alpha value is -2.12. The average Bonchev–Trinajstić information content (AvgIpc) is 2.94. The molecule has 154 valence electrons. The minimum absolute atomic E-state index is 0.00571. The summed E-state index contributed by atoms with van der Waals surface area (Å²) in [4.78, 5) is 28.1. The highest BCUT2D eigenvalue weighted by Gasteiger charge is 2.44. The number of nitrogens with zero attached hydrogens (tertiary/aromatic N) is 2. The fourth-order valence-corrected chi connectivity index (χ4v) is 3.65. The first-order chi connectivity index (χ1) is 13.2. The zero-order valence-corrected chi connectivity index (χ0v) is 16.8. The standard InChI is InChI=1S/C21H30N2O5/c1-21(2,3)28-20(26)22-11-9-16(10-12-22)23-13-17(18(24)19(23)25)27-14-15-7-5-4-6-8-15/h4-8,16-18,24H,9-14H2,1-3H3/t17-,18+/m0/s1. The van der Waals surface area contributed by atoms with E-state index in [9.17, 15) is 14.7 Å². The molecule has 0 radical (unpaired) electrons. The van der Waals surface area contributed by atoms with Crippen LogP contribution in [0.15, 0.2) is 30.3 Å². The van der Waals surface area contributed by atoms with E-state index in [4.69, 9.17) is 9.47 Å². The number of likely N-dealkylation sites (tertiary alicyclic amines) is 2. The van der Waals surface area contributed by atoms with Gasteiger partial charge >= 0.3 is 6.09 Å². The molecule has 7 nitrogen and oxygen atoms in total. The Bertz CT molecular complexity index is 680. The lowest BCUT2D eigenvalue weighted by Crippen LogP contribution is -2.49. The lowest BCUT2D eigenvalue weighted by Gasteiger charge is -2.37. The summed E-state index contributed by atoms with van der Waals surface area (Å²) < 4.78 is 11.2. The van der Waals surface area contributed by atoms with Gasteiger partial charge in [0.1, 0.15) is 11.7 Å². The van der Waals surface area contributed by atoms with Gasteiger partial charge in [-0.25, -0.2) is 4.79 Å². The van der Waals surface area contributed by atoms with Crippen molar-refractivity contribution < 1.29 is 24.2 Å². The predicted molar refractivity (Wildman–Crippen MR) is 104 cm³/mol. The van der Waals surface area contributed by atoms with Crippen LogP contribution in [-0.2, 0) is 20.9 Å². The number of rotatable bonds is 4. The fourth-order valence-electron chi connectivity index (χ4n) is 3.65. The zero-order valence-electron chi connectivity index (χ0n) is 16.8. The van der Waals surface area contributed by atoms with Gasteiger partial charge in [0.05, 0.1) is 13.2 Å². The van der Waals surface area contributed by atoms with Crippen LogP contribution in [0, 0.1) is 0 Å². The number of aliphatic hydroxyl groups is 1. The molecule has 0 unspecified atom stereocenters. The molecule has 0 spiro atoms. The van der Waals surface area contributed by atoms with Crippen LogP contribution in [0.2, 0.25) is 0 Å². The van der Waals surface area contributed by atoms with Crippen molar-refractivity contribution in [3.05, 3.63) is 35.9 Å². The van der Waals surface area contributed by atoms with Crippen molar-refractivity contribution >= 4 is 12.0 Å². The number of benzene rings is 1. The molecule has 0 bridgehead atoms. The number of hydrogen-bond donors (Lipinski definition) is 1. The van der Waals surface area contributed by atoms with Gasteiger partial charge in [0, 0.05) is 19.1 Å². The average molecular weight is 390 g/mol. The van der Waals surface area contributed by atoms with E-state index in [1.165, 1.54) is 0 Å². The summed E-state index contributed by atoms with van der Waals surface area (Å²) in [5.74, 6) is -0.284. The molecular weight excluding hydrogens is 360 g/mol. The van der Waals surface area contributed by atoms with Gasteiger partial charge < -0.3 is 24.4 Å². The first-order valence-electron chi connectivity index (χ1n) is 9.86. The van der Waals surface area contributed by atoms with E-state index >= 15 is 0 Å². The third-order valence-corrected chi connectivity index (χ3v) is 5.13. The first-order valence-corrected chi connectivity index (χ1v) is 9.86. The van der Waals surface area contributed by atoms with Gasteiger partial charge in [-0.1, -0.05) is 30.3 Å². The molecule has 2 saturated heterocycles. The number of aliphatic hydroxyl groups excluding tert-OH is 1. The second-order valence-corrected chi connectivity index (χ2v) is 8.47. The van der Waals surface area contributed by atoms with Crippen LogP contribution in [0.4, 0.5) is 4.79 Å². The quantitative estimate of drug-likeness (QED) is 0.852. The maximum atomic E-state index is 12.5. The Labute approximate surface area is 166 Å². The SMILES string of the molecule is CC(C)(C)OC(=O)N1CCC(N2C[C@H](OCc3ccccc3)[C@@H](O)C2=O)CC1. The largest absolute Gasteiger partial charge is 0.444 e. The normalized spacial score (nSPS) is 23.9. The number of amides is 2. The minimum Gasteiger partial charge on any atom is -0.444 e. The zero-order chi connectivity index (χ0) is 20.3. The molecule has 2 amide bonds. The fraction of sp³-hybridized carbons (Fsp3) is 0.619. The van der Waals surface area contributed by atoms with Crippen LogP contribution in [0.3, 0.4) is 0 Å². The highest BCUT2D eigenvalue weighted by molar-refractivity contribution is 5.84.